The predicted octanol–water partition coefficient (Wildman–Crippen LogP) is 30.7. The largest absolute Gasteiger partial charge is 0.255 e. The average molecular weight is 1460 g/mol. The molecule has 0 spiro atoms. The lowest BCUT2D eigenvalue weighted by Gasteiger charge is -2.13. The molecule has 24 rings (SSSR count). The maximum atomic E-state index is 5.31. The minimum absolute atomic E-state index is 0.994. The van der Waals surface area contributed by atoms with E-state index in [1.54, 1.807) is 11.3 Å². The Hall–Kier alpha value is -13.6. The number of hydrogen-bond acceptors (Lipinski definition) is 6. The van der Waals surface area contributed by atoms with Gasteiger partial charge in [0.15, 0.2) is 0 Å². The molecule has 0 saturated carbocycles. The van der Waals surface area contributed by atoms with Gasteiger partial charge >= 0.3 is 0 Å². The van der Waals surface area contributed by atoms with Gasteiger partial charge in [-0.2, -0.15) is 0 Å². The van der Waals surface area contributed by atoms with Gasteiger partial charge in [0.1, 0.15) is 0 Å². The third-order valence-electron chi connectivity index (χ3n) is 22.5. The quantitative estimate of drug-likeness (QED) is 0.156. The maximum Gasteiger partial charge on any atom is 0.0888 e. The van der Waals surface area contributed by atoms with Crippen molar-refractivity contribution in [3.63, 3.8) is 0 Å². The number of fused-ring (bicyclic) bond motifs is 27. The zero-order chi connectivity index (χ0) is 73.0. The molecule has 24 aromatic rings. The lowest BCUT2D eigenvalue weighted by Crippen LogP contribution is -1.90. The molecule has 6 heterocycles. The zero-order valence-corrected chi connectivity index (χ0v) is 62.4. The summed E-state index contributed by atoms with van der Waals surface area (Å²) < 4.78 is 7.63. The van der Waals surface area contributed by atoms with E-state index >= 15 is 0 Å². The molecule has 111 heavy (non-hydrogen) atoms. The normalized spacial score (nSPS) is 11.8. The number of pyridine rings is 3. The van der Waals surface area contributed by atoms with Crippen molar-refractivity contribution in [1.82, 2.24) is 15.0 Å². The molecular formula is C105H63N3S3. The van der Waals surface area contributed by atoms with Crippen LogP contribution >= 0.6 is 34.0 Å². The van der Waals surface area contributed by atoms with Crippen molar-refractivity contribution in [3.8, 4) is 67.3 Å². The lowest BCUT2D eigenvalue weighted by atomic mass is 9.91. The van der Waals surface area contributed by atoms with Gasteiger partial charge in [-0.05, 0) is 186 Å². The van der Waals surface area contributed by atoms with Crippen molar-refractivity contribution in [1.29, 1.82) is 0 Å². The van der Waals surface area contributed by atoms with E-state index in [-0.39, 0.29) is 0 Å². The van der Waals surface area contributed by atoms with Crippen LogP contribution in [0.2, 0.25) is 0 Å². The number of thiophene rings is 3. The highest BCUT2D eigenvalue weighted by Crippen LogP contribution is 2.46. The van der Waals surface area contributed by atoms with E-state index in [2.05, 4.69) is 370 Å². The first kappa shape index (κ1) is 64.6. The number of rotatable bonds is 6. The average Bonchev–Trinajstić information content (AvgIpc) is 0.975. The zero-order valence-electron chi connectivity index (χ0n) is 59.9. The van der Waals surface area contributed by atoms with Crippen LogP contribution in [0.3, 0.4) is 0 Å². The van der Waals surface area contributed by atoms with Gasteiger partial charge in [0.05, 0.1) is 36.9 Å². The predicted molar refractivity (Wildman–Crippen MR) is 482 cm³/mol. The molecule has 0 bridgehead atoms. The minimum Gasteiger partial charge on any atom is -0.255 e. The van der Waals surface area contributed by atoms with E-state index in [9.17, 15) is 0 Å². The van der Waals surface area contributed by atoms with Crippen molar-refractivity contribution >= 4 is 191 Å². The summed E-state index contributed by atoms with van der Waals surface area (Å²) in [7, 11) is 0. The number of nitrogens with zero attached hydrogens (tertiary/aromatic N) is 3. The molecule has 0 radical (unpaired) electrons. The van der Waals surface area contributed by atoms with Gasteiger partial charge in [-0.15, -0.1) is 34.0 Å². The van der Waals surface area contributed by atoms with E-state index in [1.165, 1.54) is 185 Å². The van der Waals surface area contributed by atoms with Crippen molar-refractivity contribution in [2.24, 2.45) is 0 Å². The Bertz CT molecular complexity index is 7820. The van der Waals surface area contributed by atoms with Crippen molar-refractivity contribution in [2.75, 3.05) is 0 Å². The third kappa shape index (κ3) is 11.0. The third-order valence-corrected chi connectivity index (χ3v) is 26.0. The lowest BCUT2D eigenvalue weighted by molar-refractivity contribution is 1.36. The Morgan fingerprint density at radius 3 is 0.955 bits per heavy atom. The van der Waals surface area contributed by atoms with Crippen LogP contribution in [0, 0.1) is 0 Å². The second-order valence-electron chi connectivity index (χ2n) is 28.7. The minimum atomic E-state index is 0.994. The monoisotopic (exact) mass is 1460 g/mol. The van der Waals surface area contributed by atoms with Crippen molar-refractivity contribution in [2.45, 2.75) is 0 Å². The van der Waals surface area contributed by atoms with E-state index in [0.29, 0.717) is 0 Å². The molecule has 0 aliphatic rings. The Morgan fingerprint density at radius 1 is 0.162 bits per heavy atom. The summed E-state index contributed by atoms with van der Waals surface area (Å²) in [5, 5.41) is 31.1. The fourth-order valence-electron chi connectivity index (χ4n) is 17.3. The summed E-state index contributed by atoms with van der Waals surface area (Å²) >= 11 is 5.47. The van der Waals surface area contributed by atoms with Gasteiger partial charge in [-0.3, -0.25) is 9.97 Å². The summed E-state index contributed by atoms with van der Waals surface area (Å²) in [5.74, 6) is 0. The first-order valence-electron chi connectivity index (χ1n) is 37.7. The Kier molecular flexibility index (Phi) is 15.5. The van der Waals surface area contributed by atoms with E-state index in [1.807, 2.05) is 35.1 Å². The molecular weight excluding hydrogens is 1400 g/mol. The molecule has 516 valence electrons. The van der Waals surface area contributed by atoms with Gasteiger partial charge in [-0.25, -0.2) is 4.98 Å². The van der Waals surface area contributed by atoms with Crippen LogP contribution < -0.4 is 0 Å². The number of hydrogen-bond donors (Lipinski definition) is 0. The number of aromatic nitrogens is 3. The van der Waals surface area contributed by atoms with Crippen LogP contribution in [0.4, 0.5) is 0 Å². The van der Waals surface area contributed by atoms with Gasteiger partial charge < -0.3 is 0 Å². The second-order valence-corrected chi connectivity index (χ2v) is 31.9. The van der Waals surface area contributed by atoms with Gasteiger partial charge in [0.2, 0.25) is 0 Å². The Balaban J connectivity index is 0.000000104. The SMILES string of the molecule is c1cc(-c2ccc3c4ccccc4c4ccccc4c3c2)cc(-c2cc3c(cn2)sc2ccccc23)c1.c1ccc(-c2nc(-c3cccc(-c4ccc5c6ccccc6c6ccccc6c5c4)c3)cc3c2sc2ccccc23)cc1.c1ccc2c(c1)sc1c(-c3ccc4c5ccccc5c5ccccc5c4c3)nccc12. The highest BCUT2D eigenvalue weighted by Gasteiger charge is 2.20. The molecule has 0 fully saturated rings. The maximum absolute atomic E-state index is 5.31. The molecule has 6 heteroatoms. The highest BCUT2D eigenvalue weighted by atomic mass is 32.1. The molecule has 18 aromatic carbocycles. The molecule has 0 aliphatic heterocycles. The molecule has 6 aromatic heterocycles. The van der Waals surface area contributed by atoms with Crippen molar-refractivity contribution in [3.05, 3.63) is 382 Å². The molecule has 0 unspecified atom stereocenters. The smallest absolute Gasteiger partial charge is 0.0888 e. The highest BCUT2D eigenvalue weighted by molar-refractivity contribution is 7.27. The fraction of sp³-hybridized carbons (Fsp3) is 0. The van der Waals surface area contributed by atoms with Crippen LogP contribution in [0.5, 0.6) is 0 Å². The number of benzene rings is 18. The van der Waals surface area contributed by atoms with E-state index in [4.69, 9.17) is 15.0 Å². The standard InChI is InChI=1S/C41H25NS.C35H21NS.C29H17NS/c1-2-11-26(12-3-1)40-41-37(35-19-8-9-20-39(35)43-41)25-38(42-40)29-14-10-13-27(23-29)28-21-22-34-32-17-5-4-15-30(32)31-16-6-7-18-33(31)36(34)24-28;1-2-12-27-25(10-1)26-11-3-4-13-28(26)31-19-23(16-17-29(27)31)22-8-7-9-24(18-22)33-20-32-30-14-5-6-15-34(30)37-35(32)21-36-33;1-2-9-21-19(7-1)20-8-3-4-10-22(20)26-17-18(13-14-23(21)26)28-29-25(15-16-30-28)24-11-5-6-12-27(24)31-29/h1-25H;1-21H;1-17H. The first-order chi connectivity index (χ1) is 55.0. The summed E-state index contributed by atoms with van der Waals surface area (Å²) in [6, 6.07) is 134. The summed E-state index contributed by atoms with van der Waals surface area (Å²) in [5.41, 5.74) is 13.5. The van der Waals surface area contributed by atoms with Gasteiger partial charge in [-0.1, -0.05) is 303 Å². The Labute approximate surface area is 651 Å². The van der Waals surface area contributed by atoms with Crippen LogP contribution in [0.1, 0.15) is 0 Å². The van der Waals surface area contributed by atoms with Crippen LogP contribution in [0.15, 0.2) is 382 Å². The van der Waals surface area contributed by atoms with Gasteiger partial charge in [0.25, 0.3) is 0 Å². The van der Waals surface area contributed by atoms with Crippen LogP contribution in [0.25, 0.3) is 225 Å². The topological polar surface area (TPSA) is 38.7 Å². The molecule has 0 N–H and O–H groups in total. The van der Waals surface area contributed by atoms with Gasteiger partial charge in [0, 0.05) is 81.1 Å². The molecule has 3 nitrogen and oxygen atoms in total. The van der Waals surface area contributed by atoms with E-state index in [0.717, 1.165) is 39.5 Å². The molecule has 0 atom stereocenters. The summed E-state index contributed by atoms with van der Waals surface area (Å²) in [6.45, 7) is 0. The fourth-order valence-corrected chi connectivity index (χ4v) is 20.7. The second kappa shape index (κ2) is 26.7. The van der Waals surface area contributed by atoms with Crippen molar-refractivity contribution < 1.29 is 0 Å². The molecule has 0 aliphatic carbocycles. The summed E-state index contributed by atoms with van der Waals surface area (Å²) in [6.07, 6.45) is 3.97. The van der Waals surface area contributed by atoms with Crippen LogP contribution in [-0.2, 0) is 0 Å². The summed E-state index contributed by atoms with van der Waals surface area (Å²) in [4.78, 5) is 15.0. The van der Waals surface area contributed by atoms with Crippen LogP contribution in [-0.4, -0.2) is 15.0 Å². The Morgan fingerprint density at radius 2 is 0.486 bits per heavy atom. The molecule has 0 saturated heterocycles. The van der Waals surface area contributed by atoms with E-state index < -0.39 is 0 Å². The molecule has 0 amide bonds. The first-order valence-corrected chi connectivity index (χ1v) is 40.1.